The quantitative estimate of drug-likeness (QED) is 0.663. The molecule has 1 aliphatic carbocycles. The summed E-state index contributed by atoms with van der Waals surface area (Å²) in [7, 11) is 0. The molecule has 24 heavy (non-hydrogen) atoms. The molecule has 1 N–H and O–H groups in total. The number of ether oxygens (including phenoxy) is 1. The molecule has 1 aromatic rings. The second-order valence-electron chi connectivity index (χ2n) is 5.87. The number of halogens is 2. The fourth-order valence-electron chi connectivity index (χ4n) is 3.18. The highest BCUT2D eigenvalue weighted by Crippen LogP contribution is 2.28. The van der Waals surface area contributed by atoms with Gasteiger partial charge >= 0.3 is 6.61 Å². The molecular weight excluding hydrogens is 334 g/mol. The molecule has 0 unspecified atom stereocenters. The summed E-state index contributed by atoms with van der Waals surface area (Å²) in [5.41, 5.74) is 0.692. The molecule has 0 aromatic heterocycles. The van der Waals surface area contributed by atoms with Gasteiger partial charge < -0.3 is 10.1 Å². The SMILES string of the molecule is O=C1/C(=C\c2ccccc2OC(F)F)NC(=S)N1C1CCCCC1. The molecule has 0 atom stereocenters. The molecule has 1 saturated carbocycles. The third-order valence-corrected chi connectivity index (χ3v) is 4.58. The van der Waals surface area contributed by atoms with Crippen molar-refractivity contribution in [3.8, 4) is 5.75 Å². The highest BCUT2D eigenvalue weighted by atomic mass is 32.1. The monoisotopic (exact) mass is 352 g/mol. The summed E-state index contributed by atoms with van der Waals surface area (Å²) < 4.78 is 29.5. The van der Waals surface area contributed by atoms with E-state index in [0.717, 1.165) is 25.7 Å². The zero-order chi connectivity index (χ0) is 17.1. The van der Waals surface area contributed by atoms with Crippen LogP contribution in [0.3, 0.4) is 0 Å². The van der Waals surface area contributed by atoms with Gasteiger partial charge in [-0.25, -0.2) is 0 Å². The zero-order valence-corrected chi connectivity index (χ0v) is 13.8. The van der Waals surface area contributed by atoms with Crippen LogP contribution in [0.2, 0.25) is 0 Å². The Morgan fingerprint density at radius 2 is 1.96 bits per heavy atom. The van der Waals surface area contributed by atoms with Crippen LogP contribution in [0.15, 0.2) is 30.0 Å². The molecule has 128 valence electrons. The lowest BCUT2D eigenvalue weighted by Gasteiger charge is -2.29. The number of nitrogens with one attached hydrogen (secondary N) is 1. The Kier molecular flexibility index (Phi) is 5.08. The molecule has 0 bridgehead atoms. The number of hydrogen-bond donors (Lipinski definition) is 1. The number of thiocarbonyl (C=S) groups is 1. The maximum absolute atomic E-state index is 12.7. The normalized spacial score (nSPS) is 20.8. The fourth-order valence-corrected chi connectivity index (χ4v) is 3.52. The molecule has 1 saturated heterocycles. The minimum Gasteiger partial charge on any atom is -0.434 e. The van der Waals surface area contributed by atoms with Gasteiger partial charge in [-0.15, -0.1) is 0 Å². The summed E-state index contributed by atoms with van der Waals surface area (Å²) in [5, 5.41) is 3.29. The van der Waals surface area contributed by atoms with Crippen LogP contribution in [0.25, 0.3) is 6.08 Å². The molecule has 3 rings (SSSR count). The van der Waals surface area contributed by atoms with Crippen molar-refractivity contribution in [3.05, 3.63) is 35.5 Å². The smallest absolute Gasteiger partial charge is 0.387 e. The topological polar surface area (TPSA) is 41.6 Å². The van der Waals surface area contributed by atoms with E-state index in [4.69, 9.17) is 12.2 Å². The third kappa shape index (κ3) is 3.56. The van der Waals surface area contributed by atoms with E-state index in [1.807, 2.05) is 0 Å². The van der Waals surface area contributed by atoms with E-state index in [0.29, 0.717) is 10.7 Å². The van der Waals surface area contributed by atoms with Crippen molar-refractivity contribution < 1.29 is 18.3 Å². The number of alkyl halides is 2. The van der Waals surface area contributed by atoms with Crippen LogP contribution in [0.4, 0.5) is 8.78 Å². The van der Waals surface area contributed by atoms with Crippen molar-refractivity contribution in [3.63, 3.8) is 0 Å². The first kappa shape index (κ1) is 16.8. The predicted octanol–water partition coefficient (Wildman–Crippen LogP) is 3.68. The van der Waals surface area contributed by atoms with Crippen LogP contribution >= 0.6 is 12.2 Å². The Bertz CT molecular complexity index is 672. The molecule has 2 fully saturated rings. The molecule has 1 amide bonds. The Balaban J connectivity index is 1.84. The number of carbonyl (C=O) groups excluding carboxylic acids is 1. The molecule has 2 aliphatic rings. The van der Waals surface area contributed by atoms with Crippen molar-refractivity contribution in [2.45, 2.75) is 44.8 Å². The lowest BCUT2D eigenvalue weighted by atomic mass is 9.94. The first-order chi connectivity index (χ1) is 11.6. The van der Waals surface area contributed by atoms with E-state index in [1.165, 1.54) is 18.6 Å². The summed E-state index contributed by atoms with van der Waals surface area (Å²) in [4.78, 5) is 14.3. The van der Waals surface area contributed by atoms with E-state index in [2.05, 4.69) is 10.1 Å². The third-order valence-electron chi connectivity index (χ3n) is 4.28. The highest BCUT2D eigenvalue weighted by Gasteiger charge is 2.36. The summed E-state index contributed by atoms with van der Waals surface area (Å²) in [6, 6.07) is 6.47. The van der Waals surface area contributed by atoms with Gasteiger partial charge in [-0.05, 0) is 37.2 Å². The molecule has 1 heterocycles. The van der Waals surface area contributed by atoms with E-state index in [-0.39, 0.29) is 23.4 Å². The summed E-state index contributed by atoms with van der Waals surface area (Å²) in [5.74, 6) is -0.185. The van der Waals surface area contributed by atoms with Gasteiger partial charge in [0.05, 0.1) is 0 Å². The predicted molar refractivity (Wildman–Crippen MR) is 90.5 cm³/mol. The Labute approximate surface area is 144 Å². The Morgan fingerprint density at radius 1 is 1.25 bits per heavy atom. The minimum atomic E-state index is -2.92. The van der Waals surface area contributed by atoms with E-state index in [9.17, 15) is 13.6 Å². The molecule has 4 nitrogen and oxygen atoms in total. The van der Waals surface area contributed by atoms with Gasteiger partial charge in [-0.3, -0.25) is 9.69 Å². The maximum Gasteiger partial charge on any atom is 0.387 e. The molecule has 1 aliphatic heterocycles. The number of benzene rings is 1. The first-order valence-corrected chi connectivity index (χ1v) is 8.37. The van der Waals surface area contributed by atoms with Gasteiger partial charge in [-0.2, -0.15) is 8.78 Å². The van der Waals surface area contributed by atoms with E-state index < -0.39 is 6.61 Å². The number of hydrogen-bond acceptors (Lipinski definition) is 3. The Hall–Kier alpha value is -2.02. The molecular formula is C17H18F2N2O2S. The van der Waals surface area contributed by atoms with Crippen LogP contribution in [-0.4, -0.2) is 28.6 Å². The number of rotatable bonds is 4. The first-order valence-electron chi connectivity index (χ1n) is 7.96. The van der Waals surface area contributed by atoms with Crippen molar-refractivity contribution in [1.29, 1.82) is 0 Å². The van der Waals surface area contributed by atoms with Crippen LogP contribution in [0, 0.1) is 0 Å². The van der Waals surface area contributed by atoms with Gasteiger partial charge in [0.1, 0.15) is 11.4 Å². The van der Waals surface area contributed by atoms with Crippen molar-refractivity contribution >= 4 is 29.3 Å². The van der Waals surface area contributed by atoms with Gasteiger partial charge in [0.15, 0.2) is 5.11 Å². The van der Waals surface area contributed by atoms with Crippen LogP contribution in [-0.2, 0) is 4.79 Å². The number of amides is 1. The van der Waals surface area contributed by atoms with Gasteiger partial charge in [0.2, 0.25) is 0 Å². The summed E-state index contributed by atoms with van der Waals surface area (Å²) >= 11 is 5.30. The second-order valence-corrected chi connectivity index (χ2v) is 6.26. The molecule has 0 spiro atoms. The minimum absolute atomic E-state index is 0.0247. The average Bonchev–Trinajstić information content (AvgIpc) is 2.83. The zero-order valence-electron chi connectivity index (χ0n) is 13.0. The van der Waals surface area contributed by atoms with Crippen molar-refractivity contribution in [1.82, 2.24) is 10.2 Å². The van der Waals surface area contributed by atoms with Crippen molar-refractivity contribution in [2.75, 3.05) is 0 Å². The standard InChI is InChI=1S/C17H18F2N2O2S/c18-16(19)23-14-9-5-4-6-11(14)10-13-15(22)21(17(24)20-13)12-7-2-1-3-8-12/h4-6,9-10,12,16H,1-3,7-8H2,(H,20,24)/b13-10+. The van der Waals surface area contributed by atoms with Crippen LogP contribution in [0.1, 0.15) is 37.7 Å². The number of nitrogens with zero attached hydrogens (tertiary/aromatic N) is 1. The lowest BCUT2D eigenvalue weighted by molar-refractivity contribution is -0.124. The van der Waals surface area contributed by atoms with Gasteiger partial charge in [0, 0.05) is 11.6 Å². The summed E-state index contributed by atoms with van der Waals surface area (Å²) in [6.45, 7) is -2.92. The fraction of sp³-hybridized carbons (Fsp3) is 0.412. The Morgan fingerprint density at radius 3 is 2.67 bits per heavy atom. The largest absolute Gasteiger partial charge is 0.434 e. The highest BCUT2D eigenvalue weighted by molar-refractivity contribution is 7.80. The summed E-state index contributed by atoms with van der Waals surface area (Å²) in [6.07, 6.45) is 6.73. The lowest BCUT2D eigenvalue weighted by Crippen LogP contribution is -2.41. The van der Waals surface area contributed by atoms with Gasteiger partial charge in [0.25, 0.3) is 5.91 Å². The molecule has 7 heteroatoms. The van der Waals surface area contributed by atoms with Crippen LogP contribution < -0.4 is 10.1 Å². The molecule has 1 aromatic carbocycles. The average molecular weight is 352 g/mol. The number of para-hydroxylation sites is 1. The molecule has 0 radical (unpaired) electrons. The maximum atomic E-state index is 12.7. The van der Waals surface area contributed by atoms with Crippen molar-refractivity contribution in [2.24, 2.45) is 0 Å². The van der Waals surface area contributed by atoms with E-state index in [1.54, 1.807) is 23.1 Å². The number of carbonyl (C=O) groups is 1. The van der Waals surface area contributed by atoms with E-state index >= 15 is 0 Å². The second kappa shape index (κ2) is 7.25. The van der Waals surface area contributed by atoms with Crippen LogP contribution in [0.5, 0.6) is 5.75 Å². The van der Waals surface area contributed by atoms with Gasteiger partial charge in [-0.1, -0.05) is 37.5 Å².